The van der Waals surface area contributed by atoms with E-state index in [4.69, 9.17) is 4.74 Å². The van der Waals surface area contributed by atoms with Crippen LogP contribution in [0.25, 0.3) is 11.0 Å². The fourth-order valence-corrected chi connectivity index (χ4v) is 2.75. The first-order valence-electron chi connectivity index (χ1n) is 9.71. The first-order chi connectivity index (χ1) is 13.3. The van der Waals surface area contributed by atoms with E-state index in [1.165, 1.54) is 0 Å². The molecule has 0 bridgehead atoms. The molecule has 162 valence electrons. The third-order valence-electron chi connectivity index (χ3n) is 3.87. The van der Waals surface area contributed by atoms with Gasteiger partial charge in [-0.05, 0) is 46.8 Å². The largest absolute Gasteiger partial charge is 0.444 e. The number of halogens is 1. The number of aliphatic imine (C=N–C) groups is 1. The molecule has 1 aromatic heterocycles. The molecule has 1 heterocycles. The van der Waals surface area contributed by atoms with Crippen molar-refractivity contribution in [2.75, 3.05) is 26.2 Å². The fraction of sp³-hybridized carbons (Fsp3) is 0.550. The van der Waals surface area contributed by atoms with E-state index < -0.39 is 11.7 Å². The summed E-state index contributed by atoms with van der Waals surface area (Å²) >= 11 is 0. The Morgan fingerprint density at radius 2 is 1.90 bits per heavy atom. The maximum Gasteiger partial charge on any atom is 0.407 e. The average Bonchev–Trinajstić information content (AvgIpc) is 2.92. The van der Waals surface area contributed by atoms with E-state index >= 15 is 0 Å². The average molecular weight is 516 g/mol. The van der Waals surface area contributed by atoms with Crippen molar-refractivity contribution >= 4 is 47.1 Å². The number of hydrogen-bond donors (Lipinski definition) is 3. The molecule has 0 saturated heterocycles. The Kier molecular flexibility index (Phi) is 10.2. The van der Waals surface area contributed by atoms with Gasteiger partial charge < -0.3 is 25.3 Å². The number of alkyl carbamates (subject to hydrolysis) is 1. The van der Waals surface area contributed by atoms with Crippen LogP contribution in [0.2, 0.25) is 0 Å². The van der Waals surface area contributed by atoms with E-state index in [-0.39, 0.29) is 24.0 Å². The van der Waals surface area contributed by atoms with Crippen molar-refractivity contribution in [3.05, 3.63) is 30.1 Å². The maximum atomic E-state index is 11.6. The minimum Gasteiger partial charge on any atom is -0.444 e. The molecule has 2 rings (SSSR count). The van der Waals surface area contributed by atoms with Gasteiger partial charge in [-0.2, -0.15) is 0 Å². The molecule has 29 heavy (non-hydrogen) atoms. The predicted octanol–water partition coefficient (Wildman–Crippen LogP) is 3.04. The maximum absolute atomic E-state index is 11.6. The molecule has 0 saturated carbocycles. The van der Waals surface area contributed by atoms with Crippen molar-refractivity contribution in [2.45, 2.75) is 46.8 Å². The molecule has 3 N–H and O–H groups in total. The molecule has 0 unspecified atom stereocenters. The topological polar surface area (TPSA) is 92.6 Å². The van der Waals surface area contributed by atoms with Gasteiger partial charge in [-0.3, -0.25) is 4.99 Å². The van der Waals surface area contributed by atoms with Crippen LogP contribution in [0.4, 0.5) is 4.79 Å². The van der Waals surface area contributed by atoms with Crippen LogP contribution in [-0.4, -0.2) is 53.4 Å². The number of carbonyl (C=O) groups is 1. The van der Waals surface area contributed by atoms with Crippen LogP contribution in [0.1, 0.15) is 33.5 Å². The molecular weight excluding hydrogens is 483 g/mol. The zero-order valence-corrected chi connectivity index (χ0v) is 20.2. The second kappa shape index (κ2) is 11.8. The highest BCUT2D eigenvalue weighted by atomic mass is 127. The van der Waals surface area contributed by atoms with Gasteiger partial charge in [0.05, 0.1) is 17.6 Å². The standard InChI is InChI=1S/C20H32N6O2.HI/c1-6-21-18(22-11-12-24-19(27)28-20(3,4)5)23-13-14-26-15(2)25-16-9-7-8-10-17(16)26;/h7-10H,6,11-14H2,1-5H3,(H,24,27)(H2,21,22,23);1H. The van der Waals surface area contributed by atoms with Gasteiger partial charge in [-0.15, -0.1) is 24.0 Å². The first-order valence-corrected chi connectivity index (χ1v) is 9.71. The highest BCUT2D eigenvalue weighted by molar-refractivity contribution is 14.0. The molecule has 1 amide bonds. The van der Waals surface area contributed by atoms with E-state index in [9.17, 15) is 4.79 Å². The summed E-state index contributed by atoms with van der Waals surface area (Å²) in [6.45, 7) is 12.7. The summed E-state index contributed by atoms with van der Waals surface area (Å²) in [6.07, 6.45) is -0.428. The summed E-state index contributed by atoms with van der Waals surface area (Å²) in [4.78, 5) is 20.7. The van der Waals surface area contributed by atoms with E-state index in [1.807, 2.05) is 52.8 Å². The van der Waals surface area contributed by atoms with Gasteiger partial charge in [0.15, 0.2) is 5.96 Å². The summed E-state index contributed by atoms with van der Waals surface area (Å²) in [5, 5.41) is 9.24. The Hall–Kier alpha value is -2.04. The van der Waals surface area contributed by atoms with Crippen LogP contribution >= 0.6 is 24.0 Å². The number of benzene rings is 1. The Morgan fingerprint density at radius 1 is 1.17 bits per heavy atom. The van der Waals surface area contributed by atoms with Crippen molar-refractivity contribution < 1.29 is 9.53 Å². The molecule has 0 radical (unpaired) electrons. The van der Waals surface area contributed by atoms with Gasteiger partial charge >= 0.3 is 6.09 Å². The highest BCUT2D eigenvalue weighted by Gasteiger charge is 2.15. The van der Waals surface area contributed by atoms with Crippen molar-refractivity contribution in [3.8, 4) is 0 Å². The van der Waals surface area contributed by atoms with E-state index in [0.717, 1.165) is 35.9 Å². The highest BCUT2D eigenvalue weighted by Crippen LogP contribution is 2.14. The van der Waals surface area contributed by atoms with Gasteiger partial charge in [-0.25, -0.2) is 9.78 Å². The zero-order chi connectivity index (χ0) is 20.6. The molecule has 0 spiro atoms. The SMILES string of the molecule is CCNC(=NCCNC(=O)OC(C)(C)C)NCCn1c(C)nc2ccccc21.I. The predicted molar refractivity (Wildman–Crippen MR) is 128 cm³/mol. The van der Waals surface area contributed by atoms with Gasteiger partial charge in [0, 0.05) is 26.2 Å². The normalized spacial score (nSPS) is 11.7. The van der Waals surface area contributed by atoms with Crippen LogP contribution < -0.4 is 16.0 Å². The number of aromatic nitrogens is 2. The minimum atomic E-state index is -0.501. The number of nitrogens with one attached hydrogen (secondary N) is 3. The Bertz CT molecular complexity index is 813. The van der Waals surface area contributed by atoms with Crippen LogP contribution in [0.5, 0.6) is 0 Å². The van der Waals surface area contributed by atoms with Crippen molar-refractivity contribution in [2.24, 2.45) is 4.99 Å². The van der Waals surface area contributed by atoms with Crippen molar-refractivity contribution in [3.63, 3.8) is 0 Å². The first kappa shape index (κ1) is 25.0. The van der Waals surface area contributed by atoms with Crippen LogP contribution in [-0.2, 0) is 11.3 Å². The molecule has 0 aliphatic heterocycles. The van der Waals surface area contributed by atoms with Crippen molar-refractivity contribution in [1.82, 2.24) is 25.5 Å². The number of amides is 1. The summed E-state index contributed by atoms with van der Waals surface area (Å²) < 4.78 is 7.40. The molecule has 0 aliphatic rings. The number of carbonyl (C=O) groups excluding carboxylic acids is 1. The number of nitrogens with zero attached hydrogens (tertiary/aromatic N) is 3. The third-order valence-corrected chi connectivity index (χ3v) is 3.87. The van der Waals surface area contributed by atoms with Crippen molar-refractivity contribution in [1.29, 1.82) is 0 Å². The van der Waals surface area contributed by atoms with E-state index in [0.29, 0.717) is 19.6 Å². The number of imidazole rings is 1. The lowest BCUT2D eigenvalue weighted by Crippen LogP contribution is -2.40. The Labute approximate surface area is 189 Å². The molecule has 0 atom stereocenters. The molecular formula is C20H33IN6O2. The smallest absolute Gasteiger partial charge is 0.407 e. The van der Waals surface area contributed by atoms with Gasteiger partial charge in [0.2, 0.25) is 0 Å². The second-order valence-corrected chi connectivity index (χ2v) is 7.42. The van der Waals surface area contributed by atoms with Gasteiger partial charge in [0.1, 0.15) is 11.4 Å². The number of para-hydroxylation sites is 2. The molecule has 0 aliphatic carbocycles. The lowest BCUT2D eigenvalue weighted by molar-refractivity contribution is 0.0529. The van der Waals surface area contributed by atoms with Crippen LogP contribution in [0, 0.1) is 6.92 Å². The Morgan fingerprint density at radius 3 is 2.59 bits per heavy atom. The molecule has 1 aromatic carbocycles. The van der Waals surface area contributed by atoms with Crippen LogP contribution in [0.15, 0.2) is 29.3 Å². The van der Waals surface area contributed by atoms with E-state index in [1.54, 1.807) is 0 Å². The van der Waals surface area contributed by atoms with Gasteiger partial charge in [0.25, 0.3) is 0 Å². The summed E-state index contributed by atoms with van der Waals surface area (Å²) in [7, 11) is 0. The van der Waals surface area contributed by atoms with E-state index in [2.05, 4.69) is 36.6 Å². The quantitative estimate of drug-likeness (QED) is 0.228. The lowest BCUT2D eigenvalue weighted by Gasteiger charge is -2.19. The number of ether oxygens (including phenoxy) is 1. The number of fused-ring (bicyclic) bond motifs is 1. The lowest BCUT2D eigenvalue weighted by atomic mass is 10.2. The summed E-state index contributed by atoms with van der Waals surface area (Å²) in [5.74, 6) is 1.71. The summed E-state index contributed by atoms with van der Waals surface area (Å²) in [5.41, 5.74) is 1.64. The third kappa shape index (κ3) is 8.46. The second-order valence-electron chi connectivity index (χ2n) is 7.42. The number of hydrogen-bond acceptors (Lipinski definition) is 4. The number of guanidine groups is 1. The van der Waals surface area contributed by atoms with Gasteiger partial charge in [-0.1, -0.05) is 12.1 Å². The minimum absolute atomic E-state index is 0. The zero-order valence-electron chi connectivity index (χ0n) is 17.9. The number of aryl methyl sites for hydroxylation is 1. The molecule has 8 nitrogen and oxygen atoms in total. The molecule has 2 aromatic rings. The summed E-state index contributed by atoms with van der Waals surface area (Å²) in [6, 6.07) is 8.13. The fourth-order valence-electron chi connectivity index (χ4n) is 2.75. The Balaban J connectivity index is 0.00000420. The monoisotopic (exact) mass is 516 g/mol. The molecule has 9 heteroatoms. The molecule has 0 fully saturated rings. The van der Waals surface area contributed by atoms with Crippen LogP contribution in [0.3, 0.4) is 0 Å². The number of rotatable bonds is 7.